The number of amides is 1. The van der Waals surface area contributed by atoms with Gasteiger partial charge in [0.1, 0.15) is 18.5 Å². The minimum absolute atomic E-state index is 0.0365. The molecule has 7 nitrogen and oxygen atoms in total. The molecule has 1 N–H and O–H groups in total. The lowest BCUT2D eigenvalue weighted by atomic mass is 9.59. The number of hydrogen-bond acceptors (Lipinski definition) is 6. The molecule has 3 atom stereocenters. The molecule has 3 aliphatic carbocycles. The van der Waals surface area contributed by atoms with Gasteiger partial charge in [0, 0.05) is 11.5 Å². The van der Waals surface area contributed by atoms with Gasteiger partial charge in [0.15, 0.2) is 0 Å². The largest absolute Gasteiger partial charge is 0.511 e. The van der Waals surface area contributed by atoms with Crippen LogP contribution in [0.1, 0.15) is 87.8 Å². The molecule has 39 heavy (non-hydrogen) atoms. The lowest BCUT2D eigenvalue weighted by molar-refractivity contribution is -0.0225. The smallest absolute Gasteiger partial charge is 0.457 e. The zero-order chi connectivity index (χ0) is 27.1. The number of benzene rings is 2. The van der Waals surface area contributed by atoms with Crippen LogP contribution in [0.15, 0.2) is 48.5 Å². The maximum absolute atomic E-state index is 13.0. The Hall–Kier alpha value is -3.22. The Morgan fingerprint density at radius 2 is 1.69 bits per heavy atom. The molecule has 0 spiro atoms. The van der Waals surface area contributed by atoms with E-state index in [0.717, 1.165) is 56.9 Å². The first-order chi connectivity index (χ1) is 19.0. The minimum Gasteiger partial charge on any atom is -0.457 e. The number of carbonyl (C=O) groups excluding carboxylic acids is 2. The summed E-state index contributed by atoms with van der Waals surface area (Å²) in [5.74, 6) is 0.989. The molecule has 0 saturated heterocycles. The fourth-order valence-electron chi connectivity index (χ4n) is 6.75. The molecule has 0 heterocycles. The minimum atomic E-state index is -0.673. The molecule has 0 aromatic heterocycles. The summed E-state index contributed by atoms with van der Waals surface area (Å²) in [6.45, 7) is 2.31. The highest BCUT2D eigenvalue weighted by atomic mass is 16.8. The van der Waals surface area contributed by atoms with Crippen molar-refractivity contribution in [2.75, 3.05) is 6.79 Å². The van der Waals surface area contributed by atoms with Gasteiger partial charge in [-0.2, -0.15) is 0 Å². The van der Waals surface area contributed by atoms with E-state index in [4.69, 9.17) is 18.9 Å². The monoisotopic (exact) mass is 535 g/mol. The number of rotatable bonds is 7. The van der Waals surface area contributed by atoms with Crippen molar-refractivity contribution in [1.82, 2.24) is 5.32 Å². The highest BCUT2D eigenvalue weighted by Crippen LogP contribution is 2.47. The second kappa shape index (κ2) is 12.8. The van der Waals surface area contributed by atoms with E-state index in [0.29, 0.717) is 11.7 Å². The van der Waals surface area contributed by atoms with Crippen LogP contribution in [0.4, 0.5) is 9.59 Å². The molecule has 0 aliphatic heterocycles. The third-order valence-electron chi connectivity index (χ3n) is 8.81. The van der Waals surface area contributed by atoms with Crippen LogP contribution in [0.3, 0.4) is 0 Å². The van der Waals surface area contributed by atoms with Gasteiger partial charge in [-0.25, -0.2) is 9.59 Å². The van der Waals surface area contributed by atoms with Crippen molar-refractivity contribution in [2.24, 2.45) is 5.92 Å². The van der Waals surface area contributed by atoms with E-state index in [1.165, 1.54) is 30.4 Å². The molecule has 5 rings (SSSR count). The van der Waals surface area contributed by atoms with Crippen molar-refractivity contribution in [2.45, 2.75) is 102 Å². The predicted octanol–water partition coefficient (Wildman–Crippen LogP) is 7.20. The third-order valence-corrected chi connectivity index (χ3v) is 8.81. The SMILES string of the molecule is C[C@@]12CCCCC[C@@H](Cc3ccc(OCOC(=O)OC4CCCCC4)cc31)[C@@H]2NC(=O)OCc1ccccc1. The zero-order valence-corrected chi connectivity index (χ0v) is 23.0. The highest BCUT2D eigenvalue weighted by molar-refractivity contribution is 5.68. The van der Waals surface area contributed by atoms with Crippen LogP contribution in [0.25, 0.3) is 0 Å². The van der Waals surface area contributed by atoms with E-state index in [1.54, 1.807) is 0 Å². The number of carbonyl (C=O) groups is 2. The molecule has 2 aromatic carbocycles. The first-order valence-electron chi connectivity index (χ1n) is 14.6. The quantitative estimate of drug-likeness (QED) is 0.298. The summed E-state index contributed by atoms with van der Waals surface area (Å²) in [6.07, 6.45) is 10.5. The van der Waals surface area contributed by atoms with Crippen molar-refractivity contribution >= 4 is 12.2 Å². The van der Waals surface area contributed by atoms with Gasteiger partial charge in [-0.15, -0.1) is 0 Å². The van der Waals surface area contributed by atoms with Crippen molar-refractivity contribution in [1.29, 1.82) is 0 Å². The van der Waals surface area contributed by atoms with E-state index in [-0.39, 0.29) is 37.1 Å². The van der Waals surface area contributed by atoms with Crippen LogP contribution in [-0.2, 0) is 32.7 Å². The Balaban J connectivity index is 1.25. The van der Waals surface area contributed by atoms with Gasteiger partial charge in [-0.1, -0.05) is 69.0 Å². The molecular weight excluding hydrogens is 494 g/mol. The second-order valence-corrected chi connectivity index (χ2v) is 11.5. The van der Waals surface area contributed by atoms with Gasteiger partial charge in [0.05, 0.1) is 0 Å². The van der Waals surface area contributed by atoms with Crippen LogP contribution >= 0.6 is 0 Å². The molecule has 0 unspecified atom stereocenters. The summed E-state index contributed by atoms with van der Waals surface area (Å²) in [5.41, 5.74) is 3.19. The van der Waals surface area contributed by atoms with Crippen molar-refractivity contribution in [3.05, 3.63) is 65.2 Å². The number of ether oxygens (including phenoxy) is 4. The number of nitrogens with one attached hydrogen (secondary N) is 1. The lowest BCUT2D eigenvalue weighted by Gasteiger charge is -2.49. The van der Waals surface area contributed by atoms with Crippen LogP contribution in [0, 0.1) is 5.92 Å². The van der Waals surface area contributed by atoms with Gasteiger partial charge in [-0.05, 0) is 79.7 Å². The van der Waals surface area contributed by atoms with Gasteiger partial charge >= 0.3 is 12.2 Å². The summed E-state index contributed by atoms with van der Waals surface area (Å²) in [7, 11) is 0. The van der Waals surface area contributed by atoms with Crippen molar-refractivity contribution in [3.8, 4) is 5.75 Å². The Morgan fingerprint density at radius 3 is 2.51 bits per heavy atom. The summed E-state index contributed by atoms with van der Waals surface area (Å²) in [4.78, 5) is 25.1. The molecule has 2 bridgehead atoms. The van der Waals surface area contributed by atoms with Gasteiger partial charge < -0.3 is 24.3 Å². The summed E-state index contributed by atoms with van der Waals surface area (Å²) in [6, 6.07) is 15.8. The Kier molecular flexibility index (Phi) is 8.95. The topological polar surface area (TPSA) is 83.1 Å². The fourth-order valence-corrected chi connectivity index (χ4v) is 6.75. The average molecular weight is 536 g/mol. The Labute approximate surface area is 231 Å². The van der Waals surface area contributed by atoms with Crippen LogP contribution in [-0.4, -0.2) is 31.2 Å². The first-order valence-corrected chi connectivity index (χ1v) is 14.6. The molecule has 3 aliphatic rings. The number of fused-ring (bicyclic) bond motifs is 4. The molecule has 210 valence electrons. The fraction of sp³-hybridized carbons (Fsp3) is 0.562. The van der Waals surface area contributed by atoms with Crippen molar-refractivity contribution < 1.29 is 28.5 Å². The average Bonchev–Trinajstić information content (AvgIpc) is 2.95. The maximum atomic E-state index is 13.0. The van der Waals surface area contributed by atoms with Gasteiger partial charge in [-0.3, -0.25) is 0 Å². The predicted molar refractivity (Wildman–Crippen MR) is 148 cm³/mol. The van der Waals surface area contributed by atoms with Crippen LogP contribution in [0.2, 0.25) is 0 Å². The molecule has 0 radical (unpaired) electrons. The first kappa shape index (κ1) is 27.4. The van der Waals surface area contributed by atoms with E-state index in [2.05, 4.69) is 24.4 Å². The Morgan fingerprint density at radius 1 is 0.923 bits per heavy atom. The molecule has 1 amide bonds. The van der Waals surface area contributed by atoms with E-state index in [1.807, 2.05) is 36.4 Å². The van der Waals surface area contributed by atoms with Gasteiger partial charge in [0.25, 0.3) is 0 Å². The molecule has 2 fully saturated rings. The van der Waals surface area contributed by atoms with Crippen LogP contribution in [0.5, 0.6) is 5.75 Å². The normalized spacial score (nSPS) is 24.8. The summed E-state index contributed by atoms with van der Waals surface area (Å²) >= 11 is 0. The Bertz CT molecular complexity index is 1110. The highest BCUT2D eigenvalue weighted by Gasteiger charge is 2.46. The van der Waals surface area contributed by atoms with Crippen molar-refractivity contribution in [3.63, 3.8) is 0 Å². The lowest BCUT2D eigenvalue weighted by Crippen LogP contribution is -2.57. The van der Waals surface area contributed by atoms with Crippen LogP contribution < -0.4 is 10.1 Å². The second-order valence-electron chi connectivity index (χ2n) is 11.5. The standard InChI is InChI=1S/C32H41NO6/c1-32-18-10-4-7-13-25(29(32)33-30(34)36-21-23-11-5-2-6-12-23)19-24-16-17-27(20-28(24)32)37-22-38-31(35)39-26-14-8-3-9-15-26/h2,5-6,11-12,16-17,20,25-26,29H,3-4,7-10,13-15,18-19,21-22H2,1H3,(H,33,34)/t25-,29-,32+/m0/s1. The van der Waals surface area contributed by atoms with E-state index < -0.39 is 6.16 Å². The summed E-state index contributed by atoms with van der Waals surface area (Å²) in [5, 5.41) is 3.27. The zero-order valence-electron chi connectivity index (χ0n) is 23.0. The summed E-state index contributed by atoms with van der Waals surface area (Å²) < 4.78 is 22.1. The molecular formula is C32H41NO6. The number of alkyl carbamates (subject to hydrolysis) is 1. The van der Waals surface area contributed by atoms with Gasteiger partial charge in [0.2, 0.25) is 6.79 Å². The van der Waals surface area contributed by atoms with E-state index in [9.17, 15) is 9.59 Å². The molecule has 2 aromatic rings. The molecule has 7 heteroatoms. The third kappa shape index (κ3) is 6.87. The van der Waals surface area contributed by atoms with E-state index >= 15 is 0 Å². The molecule has 2 saturated carbocycles. The number of hydrogen-bond donors (Lipinski definition) is 1. The maximum Gasteiger partial charge on any atom is 0.511 e.